The van der Waals surface area contributed by atoms with Crippen LogP contribution in [-0.2, 0) is 0 Å². The number of hydrogen-bond acceptors (Lipinski definition) is 5. The number of furan rings is 1. The Labute approximate surface area is 114 Å². The number of carbonyl (C=O) groups is 1. The summed E-state index contributed by atoms with van der Waals surface area (Å²) in [4.78, 5) is 21.8. The number of hydrazine groups is 1. The van der Waals surface area contributed by atoms with E-state index in [1.54, 1.807) is 12.1 Å². The molecule has 102 valence electrons. The minimum Gasteiger partial charge on any atom is -0.459 e. The molecule has 1 aromatic carbocycles. The van der Waals surface area contributed by atoms with Gasteiger partial charge in [-0.3, -0.25) is 25.8 Å². The number of benzene rings is 1. The standard InChI is InChI=1S/C13H11N3O4/c1-9(10-4-2-5-11(8-10)16(18)19)14-15-13(17)12-6-3-7-20-12/h2-8,14H,1H2,(H,15,17). The lowest BCUT2D eigenvalue weighted by Gasteiger charge is -2.10. The van der Waals surface area contributed by atoms with Crippen LogP contribution in [0.1, 0.15) is 16.1 Å². The van der Waals surface area contributed by atoms with Gasteiger partial charge >= 0.3 is 5.91 Å². The Balaban J connectivity index is 2.00. The molecule has 20 heavy (non-hydrogen) atoms. The van der Waals surface area contributed by atoms with Crippen molar-refractivity contribution < 1.29 is 14.1 Å². The molecule has 0 unspecified atom stereocenters. The molecule has 0 saturated carbocycles. The van der Waals surface area contributed by atoms with Crippen LogP contribution in [0.25, 0.3) is 5.70 Å². The van der Waals surface area contributed by atoms with Crippen LogP contribution in [0.2, 0.25) is 0 Å². The van der Waals surface area contributed by atoms with Crippen molar-refractivity contribution in [1.29, 1.82) is 0 Å². The number of nitro benzene ring substituents is 1. The highest BCUT2D eigenvalue weighted by Gasteiger charge is 2.10. The Hall–Kier alpha value is -3.09. The Bertz CT molecular complexity index is 649. The molecule has 0 spiro atoms. The quantitative estimate of drug-likeness (QED) is 0.642. The zero-order valence-electron chi connectivity index (χ0n) is 10.3. The average molecular weight is 273 g/mol. The zero-order valence-corrected chi connectivity index (χ0v) is 10.3. The van der Waals surface area contributed by atoms with Crippen LogP contribution in [-0.4, -0.2) is 10.8 Å². The maximum Gasteiger partial charge on any atom is 0.305 e. The van der Waals surface area contributed by atoms with E-state index in [0.717, 1.165) is 0 Å². The van der Waals surface area contributed by atoms with Gasteiger partial charge in [0.15, 0.2) is 5.76 Å². The molecule has 0 aliphatic heterocycles. The molecule has 2 aromatic rings. The summed E-state index contributed by atoms with van der Waals surface area (Å²) >= 11 is 0. The first kappa shape index (κ1) is 13.3. The first-order chi connectivity index (χ1) is 9.58. The molecular weight excluding hydrogens is 262 g/mol. The van der Waals surface area contributed by atoms with Crippen LogP contribution in [0.15, 0.2) is 53.7 Å². The minimum absolute atomic E-state index is 0.0530. The lowest BCUT2D eigenvalue weighted by atomic mass is 10.1. The van der Waals surface area contributed by atoms with Crippen molar-refractivity contribution in [3.63, 3.8) is 0 Å². The molecule has 0 fully saturated rings. The molecule has 0 aliphatic rings. The molecule has 0 bridgehead atoms. The topological polar surface area (TPSA) is 97.4 Å². The third-order valence-corrected chi connectivity index (χ3v) is 2.48. The summed E-state index contributed by atoms with van der Waals surface area (Å²) < 4.78 is 4.91. The predicted octanol–water partition coefficient (Wildman–Crippen LogP) is 2.09. The molecule has 0 saturated heterocycles. The van der Waals surface area contributed by atoms with E-state index >= 15 is 0 Å². The fraction of sp³-hybridized carbons (Fsp3) is 0. The highest BCUT2D eigenvalue weighted by Crippen LogP contribution is 2.17. The first-order valence-electron chi connectivity index (χ1n) is 5.61. The average Bonchev–Trinajstić information content (AvgIpc) is 2.98. The third kappa shape index (κ3) is 3.02. The summed E-state index contributed by atoms with van der Waals surface area (Å²) in [6.45, 7) is 3.70. The summed E-state index contributed by atoms with van der Waals surface area (Å²) in [7, 11) is 0. The van der Waals surface area contributed by atoms with Gasteiger partial charge in [0.1, 0.15) is 0 Å². The van der Waals surface area contributed by atoms with E-state index in [1.807, 2.05) is 0 Å². The van der Waals surface area contributed by atoms with Gasteiger partial charge in [-0.15, -0.1) is 0 Å². The van der Waals surface area contributed by atoms with Gasteiger partial charge in [-0.1, -0.05) is 18.7 Å². The summed E-state index contributed by atoms with van der Waals surface area (Å²) in [6, 6.07) is 9.00. The van der Waals surface area contributed by atoms with Crippen LogP contribution in [0.5, 0.6) is 0 Å². The van der Waals surface area contributed by atoms with E-state index in [-0.39, 0.29) is 11.4 Å². The van der Waals surface area contributed by atoms with Crippen LogP contribution >= 0.6 is 0 Å². The van der Waals surface area contributed by atoms with Crippen molar-refractivity contribution in [1.82, 2.24) is 10.9 Å². The monoisotopic (exact) mass is 273 g/mol. The van der Waals surface area contributed by atoms with Crippen molar-refractivity contribution in [2.45, 2.75) is 0 Å². The van der Waals surface area contributed by atoms with Gasteiger partial charge in [-0.25, -0.2) is 0 Å². The fourth-order valence-electron chi connectivity index (χ4n) is 1.48. The summed E-state index contributed by atoms with van der Waals surface area (Å²) in [5.74, 6) is -0.328. The summed E-state index contributed by atoms with van der Waals surface area (Å²) in [6.07, 6.45) is 1.38. The van der Waals surface area contributed by atoms with Crippen LogP contribution in [0.4, 0.5) is 5.69 Å². The second-order valence-electron chi connectivity index (χ2n) is 3.84. The normalized spacial score (nSPS) is 9.80. The van der Waals surface area contributed by atoms with E-state index in [9.17, 15) is 14.9 Å². The molecular formula is C13H11N3O4. The maximum absolute atomic E-state index is 11.6. The number of nitrogens with zero attached hydrogens (tertiary/aromatic N) is 1. The van der Waals surface area contributed by atoms with Gasteiger partial charge < -0.3 is 4.42 Å². The molecule has 2 N–H and O–H groups in total. The van der Waals surface area contributed by atoms with Crippen LogP contribution in [0, 0.1) is 10.1 Å². The molecule has 1 heterocycles. The predicted molar refractivity (Wildman–Crippen MR) is 71.4 cm³/mol. The Kier molecular flexibility index (Phi) is 3.80. The third-order valence-electron chi connectivity index (χ3n) is 2.48. The van der Waals surface area contributed by atoms with Crippen molar-refractivity contribution in [2.75, 3.05) is 0 Å². The number of carbonyl (C=O) groups excluding carboxylic acids is 1. The molecule has 0 aliphatic carbocycles. The largest absolute Gasteiger partial charge is 0.459 e. The maximum atomic E-state index is 11.6. The summed E-state index contributed by atoms with van der Waals surface area (Å²) in [5.41, 5.74) is 5.73. The van der Waals surface area contributed by atoms with Gasteiger partial charge in [-0.2, -0.15) is 0 Å². The zero-order chi connectivity index (χ0) is 14.5. The second kappa shape index (κ2) is 5.70. The number of amides is 1. The van der Waals surface area contributed by atoms with Crippen molar-refractivity contribution in [3.05, 3.63) is 70.7 Å². The van der Waals surface area contributed by atoms with Gasteiger partial charge in [0.25, 0.3) is 5.69 Å². The summed E-state index contributed by atoms with van der Waals surface area (Å²) in [5, 5.41) is 10.7. The van der Waals surface area contributed by atoms with E-state index in [1.165, 1.54) is 30.5 Å². The Morgan fingerprint density at radius 1 is 1.25 bits per heavy atom. The van der Waals surface area contributed by atoms with E-state index < -0.39 is 10.8 Å². The second-order valence-corrected chi connectivity index (χ2v) is 3.84. The van der Waals surface area contributed by atoms with Gasteiger partial charge in [-0.05, 0) is 12.1 Å². The van der Waals surface area contributed by atoms with Crippen molar-refractivity contribution in [2.24, 2.45) is 0 Å². The van der Waals surface area contributed by atoms with Crippen LogP contribution in [0.3, 0.4) is 0 Å². The van der Waals surface area contributed by atoms with Gasteiger partial charge in [0, 0.05) is 17.7 Å². The number of hydrogen-bond donors (Lipinski definition) is 2. The smallest absolute Gasteiger partial charge is 0.305 e. The van der Waals surface area contributed by atoms with Crippen molar-refractivity contribution in [3.8, 4) is 0 Å². The lowest BCUT2D eigenvalue weighted by Crippen LogP contribution is -2.35. The molecule has 7 nitrogen and oxygen atoms in total. The lowest BCUT2D eigenvalue weighted by molar-refractivity contribution is -0.384. The molecule has 2 rings (SSSR count). The molecule has 1 amide bonds. The molecule has 0 radical (unpaired) electrons. The fourth-order valence-corrected chi connectivity index (χ4v) is 1.48. The Morgan fingerprint density at radius 3 is 2.70 bits per heavy atom. The Morgan fingerprint density at radius 2 is 2.05 bits per heavy atom. The molecule has 7 heteroatoms. The minimum atomic E-state index is -0.502. The molecule has 1 aromatic heterocycles. The van der Waals surface area contributed by atoms with Gasteiger partial charge in [0.05, 0.1) is 16.9 Å². The highest BCUT2D eigenvalue weighted by atomic mass is 16.6. The number of nitro groups is 1. The number of rotatable bonds is 5. The van der Waals surface area contributed by atoms with Crippen LogP contribution < -0.4 is 10.9 Å². The number of non-ortho nitro benzene ring substituents is 1. The number of nitrogens with one attached hydrogen (secondary N) is 2. The molecule has 0 atom stereocenters. The SMILES string of the molecule is C=C(NNC(=O)c1ccco1)c1cccc([N+](=O)[O-])c1. The highest BCUT2D eigenvalue weighted by molar-refractivity contribution is 5.91. The van der Waals surface area contributed by atoms with E-state index in [2.05, 4.69) is 17.4 Å². The first-order valence-corrected chi connectivity index (χ1v) is 5.61. The van der Waals surface area contributed by atoms with Gasteiger partial charge in [0.2, 0.25) is 0 Å². The van der Waals surface area contributed by atoms with E-state index in [0.29, 0.717) is 11.3 Å². The van der Waals surface area contributed by atoms with E-state index in [4.69, 9.17) is 4.42 Å². The van der Waals surface area contributed by atoms with Crippen molar-refractivity contribution >= 4 is 17.3 Å².